The molecule has 0 radical (unpaired) electrons. The van der Waals surface area contributed by atoms with Crippen molar-refractivity contribution >= 4 is 5.91 Å². The molecule has 4 atom stereocenters. The third-order valence-electron chi connectivity index (χ3n) is 4.46. The summed E-state index contributed by atoms with van der Waals surface area (Å²) in [4.78, 5) is 14.1. The van der Waals surface area contributed by atoms with Crippen LogP contribution in [-0.2, 0) is 4.74 Å². The Kier molecular flexibility index (Phi) is 8.33. The van der Waals surface area contributed by atoms with Gasteiger partial charge in [-0.15, -0.1) is 0 Å². The summed E-state index contributed by atoms with van der Waals surface area (Å²) in [5, 5.41) is 47.2. The van der Waals surface area contributed by atoms with Crippen LogP contribution in [0.4, 0.5) is 0 Å². The van der Waals surface area contributed by atoms with E-state index in [1.807, 2.05) is 0 Å². The maximum atomic E-state index is 12.7. The molecule has 9 nitrogen and oxygen atoms in total. The third-order valence-corrected chi connectivity index (χ3v) is 4.46. The third kappa shape index (κ3) is 5.68. The van der Waals surface area contributed by atoms with E-state index in [9.17, 15) is 20.1 Å². The second kappa shape index (κ2) is 10.5. The number of aliphatic hydroxyl groups excluding tert-OH is 4. The topological polar surface area (TPSA) is 136 Å². The standard InChI is InChI=1S/C17H27N3O6/c21-11-14(23)16-15(24)13(22)10-20(7-3-1-2-4-8-26-16)17(25)12-5-6-18-19-9-12/h5-6,9,13-16,21-24H,1-4,7-8,10-11H2/t13-,14-,15-,16-/m1/s1. The molecule has 1 amide bonds. The molecule has 1 aliphatic rings. The number of aliphatic hydroxyl groups is 4. The van der Waals surface area contributed by atoms with E-state index >= 15 is 0 Å². The smallest absolute Gasteiger partial charge is 0.255 e. The Hall–Kier alpha value is -1.65. The van der Waals surface area contributed by atoms with Gasteiger partial charge in [-0.25, -0.2) is 0 Å². The summed E-state index contributed by atoms with van der Waals surface area (Å²) in [6.45, 7) is 0.0238. The van der Waals surface area contributed by atoms with Crippen LogP contribution in [0.2, 0.25) is 0 Å². The number of nitrogens with zero attached hydrogens (tertiary/aromatic N) is 3. The maximum Gasteiger partial charge on any atom is 0.255 e. The Morgan fingerprint density at radius 3 is 2.73 bits per heavy atom. The molecule has 0 aliphatic carbocycles. The molecule has 9 heteroatoms. The Labute approximate surface area is 152 Å². The zero-order valence-electron chi connectivity index (χ0n) is 14.6. The Bertz CT molecular complexity index is 547. The Balaban J connectivity index is 2.15. The lowest BCUT2D eigenvalue weighted by Gasteiger charge is -2.33. The largest absolute Gasteiger partial charge is 0.394 e. The highest BCUT2D eigenvalue weighted by molar-refractivity contribution is 5.93. The predicted octanol–water partition coefficient (Wildman–Crippen LogP) is -1.05. The van der Waals surface area contributed by atoms with Gasteiger partial charge in [0, 0.05) is 19.7 Å². The average molecular weight is 369 g/mol. The molecule has 0 bridgehead atoms. The van der Waals surface area contributed by atoms with Crippen molar-refractivity contribution in [2.45, 2.75) is 50.1 Å². The predicted molar refractivity (Wildman–Crippen MR) is 91.2 cm³/mol. The van der Waals surface area contributed by atoms with Crippen LogP contribution in [0.1, 0.15) is 36.0 Å². The van der Waals surface area contributed by atoms with Crippen molar-refractivity contribution in [2.75, 3.05) is 26.3 Å². The molecule has 26 heavy (non-hydrogen) atoms. The number of ether oxygens (including phenoxy) is 1. The number of carbonyl (C=O) groups excluding carboxylic acids is 1. The molecule has 0 aromatic carbocycles. The van der Waals surface area contributed by atoms with Crippen molar-refractivity contribution in [3.05, 3.63) is 24.0 Å². The fraction of sp³-hybridized carbons (Fsp3) is 0.706. The molecule has 2 heterocycles. The van der Waals surface area contributed by atoms with E-state index < -0.39 is 31.0 Å². The monoisotopic (exact) mass is 369 g/mol. The van der Waals surface area contributed by atoms with Crippen LogP contribution < -0.4 is 0 Å². The number of β-amino-alcohol motifs (C(OH)–C–C–N with tert-alkyl or cyclic N) is 1. The van der Waals surface area contributed by atoms with Crippen LogP contribution in [0.3, 0.4) is 0 Å². The lowest BCUT2D eigenvalue weighted by Crippen LogP contribution is -2.52. The number of hydrogen-bond acceptors (Lipinski definition) is 8. The summed E-state index contributed by atoms with van der Waals surface area (Å²) in [6, 6.07) is 1.54. The van der Waals surface area contributed by atoms with Crippen molar-refractivity contribution < 1.29 is 30.0 Å². The van der Waals surface area contributed by atoms with Crippen molar-refractivity contribution in [1.82, 2.24) is 15.1 Å². The van der Waals surface area contributed by atoms with Gasteiger partial charge in [0.15, 0.2) is 0 Å². The summed E-state index contributed by atoms with van der Waals surface area (Å²) in [7, 11) is 0. The van der Waals surface area contributed by atoms with E-state index in [1.165, 1.54) is 23.4 Å². The normalized spacial score (nSPS) is 27.2. The first-order valence-electron chi connectivity index (χ1n) is 8.87. The number of hydrogen-bond donors (Lipinski definition) is 4. The number of aromatic nitrogens is 2. The number of rotatable bonds is 3. The summed E-state index contributed by atoms with van der Waals surface area (Å²) < 4.78 is 5.49. The summed E-state index contributed by atoms with van der Waals surface area (Å²) >= 11 is 0. The molecule has 1 fully saturated rings. The minimum Gasteiger partial charge on any atom is -0.394 e. The highest BCUT2D eigenvalue weighted by Gasteiger charge is 2.34. The van der Waals surface area contributed by atoms with Gasteiger partial charge in [-0.05, 0) is 18.9 Å². The molecule has 0 saturated carbocycles. The van der Waals surface area contributed by atoms with Gasteiger partial charge >= 0.3 is 0 Å². The van der Waals surface area contributed by atoms with Crippen LogP contribution in [0.5, 0.6) is 0 Å². The number of amides is 1. The first-order valence-corrected chi connectivity index (χ1v) is 8.87. The summed E-state index contributed by atoms with van der Waals surface area (Å²) in [6.07, 6.45) is 0.772. The Morgan fingerprint density at radius 2 is 2.04 bits per heavy atom. The second-order valence-electron chi connectivity index (χ2n) is 6.44. The molecular weight excluding hydrogens is 342 g/mol. The van der Waals surface area contributed by atoms with Gasteiger partial charge in [-0.3, -0.25) is 4.79 Å². The minimum atomic E-state index is -1.44. The van der Waals surface area contributed by atoms with Gasteiger partial charge in [0.05, 0.1) is 24.6 Å². The van der Waals surface area contributed by atoms with E-state index in [-0.39, 0.29) is 12.5 Å². The molecule has 0 spiro atoms. The van der Waals surface area contributed by atoms with Crippen LogP contribution in [-0.4, -0.2) is 92.1 Å². The van der Waals surface area contributed by atoms with Gasteiger partial charge in [0.25, 0.3) is 5.91 Å². The lowest BCUT2D eigenvalue weighted by molar-refractivity contribution is -0.145. The van der Waals surface area contributed by atoms with E-state index in [2.05, 4.69) is 10.2 Å². The van der Waals surface area contributed by atoms with Crippen LogP contribution in [0.15, 0.2) is 18.5 Å². The number of carbonyl (C=O) groups is 1. The molecule has 0 unspecified atom stereocenters. The molecule has 4 N–H and O–H groups in total. The molecule has 1 aromatic heterocycles. The average Bonchev–Trinajstić information content (AvgIpc) is 2.67. The Morgan fingerprint density at radius 1 is 1.27 bits per heavy atom. The van der Waals surface area contributed by atoms with Crippen molar-refractivity contribution in [2.24, 2.45) is 0 Å². The van der Waals surface area contributed by atoms with E-state index in [1.54, 1.807) is 0 Å². The van der Waals surface area contributed by atoms with Gasteiger partial charge in [0.1, 0.15) is 24.4 Å². The second-order valence-corrected chi connectivity index (χ2v) is 6.44. The van der Waals surface area contributed by atoms with Crippen molar-refractivity contribution in [3.63, 3.8) is 0 Å². The van der Waals surface area contributed by atoms with E-state index in [0.717, 1.165) is 25.7 Å². The minimum absolute atomic E-state index is 0.125. The fourth-order valence-corrected chi connectivity index (χ4v) is 2.95. The molecule has 2 rings (SSSR count). The van der Waals surface area contributed by atoms with Gasteiger partial charge in [-0.2, -0.15) is 10.2 Å². The SMILES string of the molecule is O=C(c1ccnnc1)N1CCCCCCO[C@H]([C@H](O)CO)[C@H](O)[C@H](O)C1. The fourth-order valence-electron chi connectivity index (χ4n) is 2.95. The zero-order chi connectivity index (χ0) is 18.9. The van der Waals surface area contributed by atoms with Gasteiger partial charge in [0.2, 0.25) is 0 Å². The highest BCUT2D eigenvalue weighted by Crippen LogP contribution is 2.15. The molecular formula is C17H27N3O6. The van der Waals surface area contributed by atoms with E-state index in [4.69, 9.17) is 9.84 Å². The summed E-state index contributed by atoms with van der Waals surface area (Å²) in [5.74, 6) is -0.316. The summed E-state index contributed by atoms with van der Waals surface area (Å²) in [5.41, 5.74) is 0.344. The maximum absolute atomic E-state index is 12.7. The molecule has 146 valence electrons. The molecule has 1 aliphatic heterocycles. The zero-order valence-corrected chi connectivity index (χ0v) is 14.6. The highest BCUT2D eigenvalue weighted by atomic mass is 16.5. The lowest BCUT2D eigenvalue weighted by atomic mass is 10.0. The van der Waals surface area contributed by atoms with Crippen molar-refractivity contribution in [3.8, 4) is 0 Å². The van der Waals surface area contributed by atoms with E-state index in [0.29, 0.717) is 18.7 Å². The van der Waals surface area contributed by atoms with Crippen LogP contribution in [0.25, 0.3) is 0 Å². The van der Waals surface area contributed by atoms with Crippen LogP contribution in [0, 0.1) is 0 Å². The molecule has 1 saturated heterocycles. The van der Waals surface area contributed by atoms with Crippen LogP contribution >= 0.6 is 0 Å². The molecule has 1 aromatic rings. The quantitative estimate of drug-likeness (QED) is 0.530. The first-order chi connectivity index (χ1) is 12.5. The van der Waals surface area contributed by atoms with Crippen molar-refractivity contribution in [1.29, 1.82) is 0 Å². The van der Waals surface area contributed by atoms with Gasteiger partial charge in [-0.1, -0.05) is 12.8 Å². The first kappa shape index (κ1) is 20.7. The van der Waals surface area contributed by atoms with Gasteiger partial charge < -0.3 is 30.1 Å².